The summed E-state index contributed by atoms with van der Waals surface area (Å²) < 4.78 is 0. The topological polar surface area (TPSA) is 55.3 Å². The number of anilines is 1. The van der Waals surface area contributed by atoms with Crippen LogP contribution < -0.4 is 16.0 Å². The van der Waals surface area contributed by atoms with Crippen molar-refractivity contribution in [1.82, 2.24) is 16.2 Å². The van der Waals surface area contributed by atoms with Crippen LogP contribution in [0.3, 0.4) is 0 Å². The zero-order chi connectivity index (χ0) is 12.8. The Kier molecular flexibility index (Phi) is 2.13. The van der Waals surface area contributed by atoms with Gasteiger partial charge in [0, 0.05) is 11.7 Å². The second-order valence-corrected chi connectivity index (χ2v) is 4.85. The van der Waals surface area contributed by atoms with E-state index in [1.54, 1.807) is 5.12 Å². The number of hydrazine groups is 2. The van der Waals surface area contributed by atoms with Crippen molar-refractivity contribution < 1.29 is 0 Å². The largest absolute Gasteiger partial charge is 0.322 e. The third-order valence-electron chi connectivity index (χ3n) is 3.58. The molecule has 1 aromatic carbocycles. The second kappa shape index (κ2) is 3.83. The monoisotopic (exact) mass is 254 g/mol. The number of hydrogen-bond acceptors (Lipinski definition) is 6. The highest BCUT2D eigenvalue weighted by Crippen LogP contribution is 2.32. The predicted octanol–water partition coefficient (Wildman–Crippen LogP) is 0.959. The highest BCUT2D eigenvalue weighted by molar-refractivity contribution is 6.13. The Morgan fingerprint density at radius 1 is 1.21 bits per heavy atom. The van der Waals surface area contributed by atoms with Crippen LogP contribution in [0.1, 0.15) is 12.5 Å². The number of nitrogens with one attached hydrogen (secondary N) is 2. The SMILES string of the molecule is CC1Cc2ccccc2N1C1=NN2NNN=C2C=C1. The molecular formula is C13H14N6. The molecule has 3 aliphatic heterocycles. The van der Waals surface area contributed by atoms with Gasteiger partial charge in [-0.25, -0.2) is 5.53 Å². The Balaban J connectivity index is 1.74. The van der Waals surface area contributed by atoms with E-state index in [2.05, 4.69) is 57.4 Å². The van der Waals surface area contributed by atoms with Crippen molar-refractivity contribution in [1.29, 1.82) is 0 Å². The molecule has 19 heavy (non-hydrogen) atoms. The lowest BCUT2D eigenvalue weighted by Gasteiger charge is -2.27. The highest BCUT2D eigenvalue weighted by atomic mass is 15.9. The first-order valence-corrected chi connectivity index (χ1v) is 6.35. The molecule has 0 spiro atoms. The molecule has 0 aliphatic carbocycles. The number of hydrogen-bond donors (Lipinski definition) is 2. The van der Waals surface area contributed by atoms with Gasteiger partial charge in [0.1, 0.15) is 0 Å². The lowest BCUT2D eigenvalue weighted by atomic mass is 10.1. The Morgan fingerprint density at radius 2 is 2.05 bits per heavy atom. The smallest absolute Gasteiger partial charge is 0.189 e. The maximum absolute atomic E-state index is 4.56. The van der Waals surface area contributed by atoms with Crippen LogP contribution in [-0.2, 0) is 6.42 Å². The van der Waals surface area contributed by atoms with Crippen LogP contribution in [0.15, 0.2) is 46.6 Å². The molecule has 0 amide bonds. The first-order chi connectivity index (χ1) is 9.33. The zero-order valence-electron chi connectivity index (χ0n) is 10.5. The molecule has 0 saturated carbocycles. The van der Waals surface area contributed by atoms with Crippen molar-refractivity contribution in [2.75, 3.05) is 4.90 Å². The van der Waals surface area contributed by atoms with Crippen molar-refractivity contribution >= 4 is 17.4 Å². The van der Waals surface area contributed by atoms with E-state index < -0.39 is 0 Å². The molecule has 0 aromatic heterocycles. The van der Waals surface area contributed by atoms with Crippen molar-refractivity contribution in [3.8, 4) is 0 Å². The number of fused-ring (bicyclic) bond motifs is 2. The van der Waals surface area contributed by atoms with E-state index >= 15 is 0 Å². The van der Waals surface area contributed by atoms with Crippen molar-refractivity contribution in [2.24, 2.45) is 10.2 Å². The number of hydrazone groups is 2. The van der Waals surface area contributed by atoms with Crippen LogP contribution in [0, 0.1) is 0 Å². The summed E-state index contributed by atoms with van der Waals surface area (Å²) in [6.45, 7) is 2.22. The van der Waals surface area contributed by atoms with Crippen molar-refractivity contribution in [2.45, 2.75) is 19.4 Å². The molecule has 6 heteroatoms. The normalized spacial score (nSPS) is 23.7. The maximum atomic E-state index is 4.56. The summed E-state index contributed by atoms with van der Waals surface area (Å²) in [6.07, 6.45) is 5.00. The fourth-order valence-electron chi connectivity index (χ4n) is 2.75. The average molecular weight is 254 g/mol. The van der Waals surface area contributed by atoms with Gasteiger partial charge in [-0.2, -0.15) is 5.12 Å². The molecule has 6 nitrogen and oxygen atoms in total. The van der Waals surface area contributed by atoms with Gasteiger partial charge in [-0.05, 0) is 37.1 Å². The van der Waals surface area contributed by atoms with Gasteiger partial charge >= 0.3 is 0 Å². The maximum Gasteiger partial charge on any atom is 0.189 e. The Hall–Kier alpha value is -2.34. The van der Waals surface area contributed by atoms with Gasteiger partial charge in [0.15, 0.2) is 11.7 Å². The molecule has 3 aliphatic rings. The van der Waals surface area contributed by atoms with E-state index in [1.165, 1.54) is 11.3 Å². The van der Waals surface area contributed by atoms with Crippen molar-refractivity contribution in [3.05, 3.63) is 42.0 Å². The average Bonchev–Trinajstić information content (AvgIpc) is 3.00. The van der Waals surface area contributed by atoms with Gasteiger partial charge in [0.05, 0.1) is 0 Å². The molecule has 4 rings (SSSR count). The second-order valence-electron chi connectivity index (χ2n) is 4.85. The van der Waals surface area contributed by atoms with Gasteiger partial charge in [0.2, 0.25) is 0 Å². The zero-order valence-corrected chi connectivity index (χ0v) is 10.5. The van der Waals surface area contributed by atoms with Gasteiger partial charge in [-0.15, -0.1) is 15.7 Å². The lowest BCUT2D eigenvalue weighted by Crippen LogP contribution is -2.43. The van der Waals surface area contributed by atoms with Crippen molar-refractivity contribution in [3.63, 3.8) is 0 Å². The summed E-state index contributed by atoms with van der Waals surface area (Å²) in [7, 11) is 0. The molecule has 0 radical (unpaired) electrons. The first-order valence-electron chi connectivity index (χ1n) is 6.35. The fourth-order valence-corrected chi connectivity index (χ4v) is 2.75. The molecular weight excluding hydrogens is 240 g/mol. The van der Waals surface area contributed by atoms with Gasteiger partial charge in [0.25, 0.3) is 0 Å². The summed E-state index contributed by atoms with van der Waals surface area (Å²) in [5, 5.41) is 10.3. The molecule has 96 valence electrons. The Labute approximate surface area is 111 Å². The summed E-state index contributed by atoms with van der Waals surface area (Å²) in [5.41, 5.74) is 8.17. The number of para-hydroxylation sites is 1. The number of amidine groups is 2. The molecule has 1 atom stereocenters. The third kappa shape index (κ3) is 1.53. The molecule has 0 fully saturated rings. The Bertz CT molecular complexity index is 617. The van der Waals surface area contributed by atoms with E-state index in [-0.39, 0.29) is 0 Å². The van der Waals surface area contributed by atoms with Gasteiger partial charge < -0.3 is 4.90 Å². The number of benzene rings is 1. The fraction of sp³-hybridized carbons (Fsp3) is 0.231. The van der Waals surface area contributed by atoms with Crippen LogP contribution in [0.2, 0.25) is 0 Å². The van der Waals surface area contributed by atoms with E-state index in [0.29, 0.717) is 6.04 Å². The van der Waals surface area contributed by atoms with E-state index in [9.17, 15) is 0 Å². The molecule has 2 N–H and O–H groups in total. The molecule has 1 aromatic rings. The highest BCUT2D eigenvalue weighted by Gasteiger charge is 2.30. The minimum atomic E-state index is 0.412. The predicted molar refractivity (Wildman–Crippen MR) is 74.2 cm³/mol. The van der Waals surface area contributed by atoms with Crippen LogP contribution >= 0.6 is 0 Å². The van der Waals surface area contributed by atoms with Crippen LogP contribution in [-0.4, -0.2) is 22.8 Å². The minimum absolute atomic E-state index is 0.412. The summed E-state index contributed by atoms with van der Waals surface area (Å²) in [4.78, 5) is 2.27. The Morgan fingerprint density at radius 3 is 3.00 bits per heavy atom. The van der Waals surface area contributed by atoms with E-state index in [4.69, 9.17) is 0 Å². The van der Waals surface area contributed by atoms with Gasteiger partial charge in [-0.1, -0.05) is 18.2 Å². The lowest BCUT2D eigenvalue weighted by molar-refractivity contribution is 0.307. The standard InChI is InChI=1S/C13H14N6/c1-9-8-10-4-2-3-5-11(10)18(9)13-7-6-12-14-16-17-19(12)15-13/h2-7,9,16-17H,8H2,1H3. The minimum Gasteiger partial charge on any atom is -0.322 e. The van der Waals surface area contributed by atoms with Crippen LogP contribution in [0.4, 0.5) is 5.69 Å². The third-order valence-corrected chi connectivity index (χ3v) is 3.58. The molecule has 3 heterocycles. The number of rotatable bonds is 0. The van der Waals surface area contributed by atoms with Crippen LogP contribution in [0.25, 0.3) is 0 Å². The quantitative estimate of drug-likeness (QED) is 0.724. The molecule has 0 saturated heterocycles. The van der Waals surface area contributed by atoms with Crippen LogP contribution in [0.5, 0.6) is 0 Å². The van der Waals surface area contributed by atoms with E-state index in [0.717, 1.165) is 18.1 Å². The van der Waals surface area contributed by atoms with Gasteiger partial charge in [-0.3, -0.25) is 0 Å². The molecule has 1 unspecified atom stereocenters. The summed E-state index contributed by atoms with van der Waals surface area (Å²) in [5.74, 6) is 1.69. The first kappa shape index (κ1) is 10.6. The van der Waals surface area contributed by atoms with E-state index in [1.807, 2.05) is 12.2 Å². The summed E-state index contributed by atoms with van der Waals surface area (Å²) in [6, 6.07) is 8.90. The summed E-state index contributed by atoms with van der Waals surface area (Å²) >= 11 is 0. The number of nitrogens with zero attached hydrogens (tertiary/aromatic N) is 4. The molecule has 0 bridgehead atoms.